The van der Waals surface area contributed by atoms with Crippen LogP contribution in [-0.2, 0) is 14.3 Å². The highest BCUT2D eigenvalue weighted by Gasteiger charge is 2.39. The molecule has 2 aliphatic carbocycles. The standard InChI is InChI=1S/C25H42O3/c1-19-18-20(2)22(13-10-14-23(27-4)25(3)16-11-17-25)21(19)12-8-6-7-9-15-24(26)28-5/h6,8,20,22-23H,7,9-18H2,1-5H3/b8-6-/t20-,22+,23?/m1/s1. The zero-order chi connectivity index (χ0) is 20.6. The summed E-state index contributed by atoms with van der Waals surface area (Å²) in [6.07, 6.45) is 17.4. The van der Waals surface area contributed by atoms with Gasteiger partial charge in [0.15, 0.2) is 0 Å². The predicted octanol–water partition coefficient (Wildman–Crippen LogP) is 6.62. The highest BCUT2D eigenvalue weighted by Crippen LogP contribution is 2.47. The number of hydrogen-bond donors (Lipinski definition) is 0. The van der Waals surface area contributed by atoms with E-state index >= 15 is 0 Å². The monoisotopic (exact) mass is 390 g/mol. The van der Waals surface area contributed by atoms with Crippen LogP contribution in [0.5, 0.6) is 0 Å². The van der Waals surface area contributed by atoms with E-state index in [-0.39, 0.29) is 5.97 Å². The second-order valence-corrected chi connectivity index (χ2v) is 9.40. The molecule has 0 aliphatic heterocycles. The molecular formula is C25H42O3. The Balaban J connectivity index is 1.77. The summed E-state index contributed by atoms with van der Waals surface area (Å²) in [5.74, 6) is 1.39. The van der Waals surface area contributed by atoms with Crippen molar-refractivity contribution in [3.8, 4) is 0 Å². The second-order valence-electron chi connectivity index (χ2n) is 9.40. The van der Waals surface area contributed by atoms with Gasteiger partial charge in [0.1, 0.15) is 0 Å². The van der Waals surface area contributed by atoms with E-state index in [1.54, 1.807) is 11.1 Å². The molecule has 1 unspecified atom stereocenters. The molecule has 0 heterocycles. The van der Waals surface area contributed by atoms with Crippen molar-refractivity contribution in [3.63, 3.8) is 0 Å². The number of rotatable bonds is 12. The van der Waals surface area contributed by atoms with Gasteiger partial charge >= 0.3 is 5.97 Å². The molecule has 0 aromatic rings. The van der Waals surface area contributed by atoms with Gasteiger partial charge in [0.05, 0.1) is 13.2 Å². The zero-order valence-electron chi connectivity index (χ0n) is 18.9. The Bertz CT molecular complexity index is 556. The van der Waals surface area contributed by atoms with Crippen LogP contribution in [-0.4, -0.2) is 26.3 Å². The van der Waals surface area contributed by atoms with Crippen LogP contribution in [0.3, 0.4) is 0 Å². The molecule has 0 spiro atoms. The molecule has 160 valence electrons. The molecule has 0 aromatic heterocycles. The lowest BCUT2D eigenvalue weighted by atomic mass is 9.65. The summed E-state index contributed by atoms with van der Waals surface area (Å²) in [6.45, 7) is 7.15. The Labute approximate surface area is 172 Å². The topological polar surface area (TPSA) is 35.5 Å². The fraction of sp³-hybridized carbons (Fsp3) is 0.800. The van der Waals surface area contributed by atoms with Crippen LogP contribution in [0.15, 0.2) is 23.3 Å². The number of methoxy groups -OCH3 is 2. The first-order valence-corrected chi connectivity index (χ1v) is 11.3. The molecule has 1 fully saturated rings. The largest absolute Gasteiger partial charge is 0.469 e. The Kier molecular flexibility index (Phi) is 9.27. The number of carbonyl (C=O) groups excluding carboxylic acids is 1. The van der Waals surface area contributed by atoms with Crippen LogP contribution in [0, 0.1) is 17.3 Å². The molecule has 3 heteroatoms. The fourth-order valence-corrected chi connectivity index (χ4v) is 5.33. The van der Waals surface area contributed by atoms with Gasteiger partial charge < -0.3 is 9.47 Å². The Morgan fingerprint density at radius 3 is 2.61 bits per heavy atom. The molecule has 1 saturated carbocycles. The van der Waals surface area contributed by atoms with Crippen molar-refractivity contribution in [1.29, 1.82) is 0 Å². The van der Waals surface area contributed by atoms with Crippen molar-refractivity contribution in [2.45, 2.75) is 97.5 Å². The lowest BCUT2D eigenvalue weighted by Crippen LogP contribution is -2.39. The molecule has 28 heavy (non-hydrogen) atoms. The van der Waals surface area contributed by atoms with Crippen LogP contribution in [0.2, 0.25) is 0 Å². The number of esters is 1. The number of hydrogen-bond acceptors (Lipinski definition) is 3. The fourth-order valence-electron chi connectivity index (χ4n) is 5.33. The summed E-state index contributed by atoms with van der Waals surface area (Å²) >= 11 is 0. The zero-order valence-corrected chi connectivity index (χ0v) is 18.9. The average Bonchev–Trinajstić information content (AvgIpc) is 2.92. The van der Waals surface area contributed by atoms with Gasteiger partial charge in [0.25, 0.3) is 0 Å². The first kappa shape index (κ1) is 23.2. The van der Waals surface area contributed by atoms with Crippen molar-refractivity contribution in [2.24, 2.45) is 17.3 Å². The van der Waals surface area contributed by atoms with Crippen molar-refractivity contribution >= 4 is 5.97 Å². The lowest BCUT2D eigenvalue weighted by Gasteiger charge is -2.44. The lowest BCUT2D eigenvalue weighted by molar-refractivity contribution is -0.140. The number of allylic oxidation sites excluding steroid dienone is 4. The van der Waals surface area contributed by atoms with E-state index in [1.807, 2.05) is 7.11 Å². The van der Waals surface area contributed by atoms with Crippen LogP contribution in [0.4, 0.5) is 0 Å². The molecule has 0 bridgehead atoms. The Morgan fingerprint density at radius 1 is 1.25 bits per heavy atom. The number of ether oxygens (including phenoxy) is 2. The van der Waals surface area contributed by atoms with Crippen LogP contribution in [0.1, 0.15) is 91.4 Å². The van der Waals surface area contributed by atoms with Gasteiger partial charge in [-0.25, -0.2) is 0 Å². The summed E-state index contributed by atoms with van der Waals surface area (Å²) < 4.78 is 10.6. The van der Waals surface area contributed by atoms with Crippen molar-refractivity contribution in [3.05, 3.63) is 23.3 Å². The second kappa shape index (κ2) is 11.2. The van der Waals surface area contributed by atoms with Gasteiger partial charge in [0.2, 0.25) is 0 Å². The van der Waals surface area contributed by atoms with E-state index in [1.165, 1.54) is 52.1 Å². The van der Waals surface area contributed by atoms with E-state index in [0.717, 1.165) is 31.1 Å². The van der Waals surface area contributed by atoms with Gasteiger partial charge in [-0.3, -0.25) is 4.79 Å². The number of carbonyl (C=O) groups is 1. The van der Waals surface area contributed by atoms with Crippen molar-refractivity contribution in [2.75, 3.05) is 14.2 Å². The van der Waals surface area contributed by atoms with Gasteiger partial charge in [-0.05, 0) is 75.5 Å². The maximum Gasteiger partial charge on any atom is 0.305 e. The first-order chi connectivity index (χ1) is 13.4. The normalized spacial score (nSPS) is 25.2. The van der Waals surface area contributed by atoms with E-state index < -0.39 is 0 Å². The molecule has 2 aliphatic rings. The molecule has 0 saturated heterocycles. The summed E-state index contributed by atoms with van der Waals surface area (Å²) in [5.41, 5.74) is 3.70. The predicted molar refractivity (Wildman–Crippen MR) is 116 cm³/mol. The minimum absolute atomic E-state index is 0.109. The Morgan fingerprint density at radius 2 is 2.00 bits per heavy atom. The minimum Gasteiger partial charge on any atom is -0.469 e. The average molecular weight is 391 g/mol. The van der Waals surface area contributed by atoms with Gasteiger partial charge in [-0.15, -0.1) is 0 Å². The van der Waals surface area contributed by atoms with Crippen molar-refractivity contribution in [1.82, 2.24) is 0 Å². The third-order valence-corrected chi connectivity index (χ3v) is 7.33. The van der Waals surface area contributed by atoms with Crippen LogP contribution < -0.4 is 0 Å². The quantitative estimate of drug-likeness (QED) is 0.213. The van der Waals surface area contributed by atoms with Gasteiger partial charge in [-0.2, -0.15) is 0 Å². The molecule has 0 N–H and O–H groups in total. The molecule has 0 radical (unpaired) electrons. The highest BCUT2D eigenvalue weighted by atomic mass is 16.5. The summed E-state index contributed by atoms with van der Waals surface area (Å²) in [5, 5.41) is 0. The molecule has 0 aromatic carbocycles. The molecule has 2 rings (SSSR count). The van der Waals surface area contributed by atoms with Crippen molar-refractivity contribution < 1.29 is 14.3 Å². The number of unbranched alkanes of at least 4 members (excludes halogenated alkanes) is 1. The summed E-state index contributed by atoms with van der Waals surface area (Å²) in [7, 11) is 3.35. The smallest absolute Gasteiger partial charge is 0.305 e. The highest BCUT2D eigenvalue weighted by molar-refractivity contribution is 5.69. The summed E-state index contributed by atoms with van der Waals surface area (Å²) in [6, 6.07) is 0. The SMILES string of the molecule is COC(=O)CCC/C=C\CC1=C(C)C[C@@H](C)[C@@H]1CCCC(OC)C1(C)CCC1. The maximum absolute atomic E-state index is 11.2. The maximum atomic E-state index is 11.2. The molecular weight excluding hydrogens is 348 g/mol. The first-order valence-electron chi connectivity index (χ1n) is 11.3. The molecule has 0 amide bonds. The van der Waals surface area contributed by atoms with Gasteiger partial charge in [0, 0.05) is 13.5 Å². The third-order valence-electron chi connectivity index (χ3n) is 7.33. The van der Waals surface area contributed by atoms with E-state index in [0.29, 0.717) is 17.9 Å². The van der Waals surface area contributed by atoms with Gasteiger partial charge in [-0.1, -0.05) is 50.0 Å². The summed E-state index contributed by atoms with van der Waals surface area (Å²) in [4.78, 5) is 11.2. The van der Waals surface area contributed by atoms with Crippen LogP contribution in [0.25, 0.3) is 0 Å². The van der Waals surface area contributed by atoms with E-state index in [2.05, 4.69) is 32.9 Å². The molecule has 3 nitrogen and oxygen atoms in total. The Hall–Kier alpha value is -1.09. The molecule has 3 atom stereocenters. The van der Waals surface area contributed by atoms with E-state index in [9.17, 15) is 4.79 Å². The van der Waals surface area contributed by atoms with Crippen LogP contribution >= 0.6 is 0 Å². The minimum atomic E-state index is -0.109. The van der Waals surface area contributed by atoms with E-state index in [4.69, 9.17) is 9.47 Å². The third kappa shape index (κ3) is 6.20.